The summed E-state index contributed by atoms with van der Waals surface area (Å²) in [6, 6.07) is 16.2. The highest BCUT2D eigenvalue weighted by molar-refractivity contribution is 5.95. The van der Waals surface area contributed by atoms with Gasteiger partial charge in [0.15, 0.2) is 0 Å². The fraction of sp³-hybridized carbons (Fsp3) is 0.0526. The maximum absolute atomic E-state index is 12.2. The van der Waals surface area contributed by atoms with Crippen LogP contribution in [-0.4, -0.2) is 41.8 Å². The summed E-state index contributed by atoms with van der Waals surface area (Å²) < 4.78 is 3.16. The van der Waals surface area contributed by atoms with Crippen LogP contribution >= 0.6 is 0 Å². The van der Waals surface area contributed by atoms with E-state index in [9.17, 15) is 9.59 Å². The summed E-state index contributed by atoms with van der Waals surface area (Å²) in [4.78, 5) is 24.3. The van der Waals surface area contributed by atoms with Gasteiger partial charge in [-0.25, -0.2) is 9.36 Å². The monoisotopic (exact) mass is 388 g/mol. The third kappa shape index (κ3) is 4.33. The molecule has 0 radical (unpaired) electrons. The van der Waals surface area contributed by atoms with Crippen molar-refractivity contribution in [1.82, 2.24) is 40.8 Å². The molecule has 10 heteroatoms. The Hall–Kier alpha value is -4.34. The number of tetrazole rings is 1. The molecular weight excluding hydrogens is 372 g/mol. The van der Waals surface area contributed by atoms with Crippen LogP contribution in [0.1, 0.15) is 15.9 Å². The highest BCUT2D eigenvalue weighted by Gasteiger charge is 2.10. The smallest absolute Gasteiger partial charge is 0.269 e. The lowest BCUT2D eigenvalue weighted by Crippen LogP contribution is -2.42. The number of nitrogens with zero attached hydrogens (tertiary/aromatic N) is 6. The molecule has 2 N–H and O–H groups in total. The van der Waals surface area contributed by atoms with Gasteiger partial charge in [0.05, 0.1) is 24.0 Å². The Balaban J connectivity index is 1.30. The Kier molecular flexibility index (Phi) is 5.06. The van der Waals surface area contributed by atoms with Gasteiger partial charge in [-0.05, 0) is 52.4 Å². The molecule has 0 unspecified atom stereocenters. The van der Waals surface area contributed by atoms with Crippen molar-refractivity contribution < 1.29 is 9.59 Å². The van der Waals surface area contributed by atoms with Crippen LogP contribution < -0.4 is 10.9 Å². The van der Waals surface area contributed by atoms with Crippen LogP contribution in [0.3, 0.4) is 0 Å². The number of nitrogens with one attached hydrogen (secondary N) is 2. The van der Waals surface area contributed by atoms with E-state index in [0.717, 1.165) is 11.3 Å². The normalized spacial score (nSPS) is 10.5. The molecule has 0 aliphatic heterocycles. The molecule has 4 aromatic rings. The van der Waals surface area contributed by atoms with Gasteiger partial charge in [-0.2, -0.15) is 5.10 Å². The standard InChI is InChI=1S/C19H16N8O2/c28-18(10-14-11-21-26(12-14)16-4-2-1-3-5-16)22-23-19(29)15-6-8-17(9-7-15)27-13-20-24-25-27/h1-9,11-13H,10H2,(H,22,28)(H,23,29). The molecule has 2 aromatic carbocycles. The van der Waals surface area contributed by atoms with E-state index in [-0.39, 0.29) is 12.3 Å². The van der Waals surface area contributed by atoms with Gasteiger partial charge in [0.1, 0.15) is 6.33 Å². The molecule has 144 valence electrons. The molecule has 0 aliphatic carbocycles. The minimum absolute atomic E-state index is 0.0886. The lowest BCUT2D eigenvalue weighted by Gasteiger charge is -2.07. The first kappa shape index (κ1) is 18.0. The lowest BCUT2D eigenvalue weighted by molar-refractivity contribution is -0.121. The second-order valence-corrected chi connectivity index (χ2v) is 6.11. The fourth-order valence-corrected chi connectivity index (χ4v) is 2.65. The Labute approximate surface area is 165 Å². The highest BCUT2D eigenvalue weighted by atomic mass is 16.2. The van der Waals surface area contributed by atoms with Crippen LogP contribution in [0, 0.1) is 0 Å². The van der Waals surface area contributed by atoms with E-state index in [0.29, 0.717) is 11.3 Å². The Morgan fingerprint density at radius 2 is 1.66 bits per heavy atom. The summed E-state index contributed by atoms with van der Waals surface area (Å²) in [5.74, 6) is -0.780. The van der Waals surface area contributed by atoms with Crippen molar-refractivity contribution in [2.45, 2.75) is 6.42 Å². The van der Waals surface area contributed by atoms with Gasteiger partial charge in [-0.1, -0.05) is 18.2 Å². The van der Waals surface area contributed by atoms with Gasteiger partial charge in [-0.3, -0.25) is 20.4 Å². The van der Waals surface area contributed by atoms with Crippen molar-refractivity contribution >= 4 is 11.8 Å². The van der Waals surface area contributed by atoms with Crippen LogP contribution in [0.2, 0.25) is 0 Å². The molecule has 0 atom stereocenters. The molecule has 0 fully saturated rings. The zero-order valence-electron chi connectivity index (χ0n) is 15.1. The average molecular weight is 388 g/mol. The highest BCUT2D eigenvalue weighted by Crippen LogP contribution is 2.09. The number of amides is 2. The minimum Gasteiger partial charge on any atom is -0.273 e. The topological polar surface area (TPSA) is 120 Å². The Morgan fingerprint density at radius 3 is 2.38 bits per heavy atom. The van der Waals surface area contributed by atoms with Crippen LogP contribution in [0.15, 0.2) is 73.3 Å². The summed E-state index contributed by atoms with van der Waals surface area (Å²) in [6.07, 6.45) is 4.93. The third-order valence-electron chi connectivity index (χ3n) is 4.08. The van der Waals surface area contributed by atoms with E-state index in [1.807, 2.05) is 30.3 Å². The van der Waals surface area contributed by atoms with E-state index in [1.54, 1.807) is 41.3 Å². The number of hydrazine groups is 1. The third-order valence-corrected chi connectivity index (χ3v) is 4.08. The maximum atomic E-state index is 12.2. The first-order valence-corrected chi connectivity index (χ1v) is 8.70. The molecule has 0 spiro atoms. The molecule has 0 aliphatic rings. The van der Waals surface area contributed by atoms with Gasteiger partial charge in [0.25, 0.3) is 5.91 Å². The van der Waals surface area contributed by atoms with Crippen molar-refractivity contribution in [2.75, 3.05) is 0 Å². The average Bonchev–Trinajstić information content (AvgIpc) is 3.45. The zero-order chi connectivity index (χ0) is 20.1. The fourth-order valence-electron chi connectivity index (χ4n) is 2.65. The summed E-state index contributed by atoms with van der Waals surface area (Å²) in [6.45, 7) is 0. The first-order chi connectivity index (χ1) is 14.2. The van der Waals surface area contributed by atoms with Gasteiger partial charge in [0.2, 0.25) is 5.91 Å². The Morgan fingerprint density at radius 1 is 0.897 bits per heavy atom. The van der Waals surface area contributed by atoms with E-state index >= 15 is 0 Å². The van der Waals surface area contributed by atoms with Gasteiger partial charge in [0, 0.05) is 11.8 Å². The number of carbonyl (C=O) groups excluding carboxylic acids is 2. The quantitative estimate of drug-likeness (QED) is 0.489. The molecular formula is C19H16N8O2. The van der Waals surface area contributed by atoms with E-state index in [4.69, 9.17) is 0 Å². The summed E-state index contributed by atoms with van der Waals surface area (Å²) >= 11 is 0. The summed E-state index contributed by atoms with van der Waals surface area (Å²) in [5, 5.41) is 15.1. The lowest BCUT2D eigenvalue weighted by atomic mass is 10.2. The molecule has 4 rings (SSSR count). The van der Waals surface area contributed by atoms with Crippen molar-refractivity contribution in [3.05, 3.63) is 84.4 Å². The number of hydrogen-bond donors (Lipinski definition) is 2. The van der Waals surface area contributed by atoms with Crippen LogP contribution in [-0.2, 0) is 11.2 Å². The second kappa shape index (κ2) is 8.13. The molecule has 10 nitrogen and oxygen atoms in total. The largest absolute Gasteiger partial charge is 0.273 e. The van der Waals surface area contributed by atoms with Crippen LogP contribution in [0.5, 0.6) is 0 Å². The van der Waals surface area contributed by atoms with Crippen LogP contribution in [0.25, 0.3) is 11.4 Å². The van der Waals surface area contributed by atoms with Gasteiger partial charge >= 0.3 is 0 Å². The minimum atomic E-state index is -0.429. The number of para-hydroxylation sites is 1. The molecule has 0 saturated heterocycles. The number of benzene rings is 2. The maximum Gasteiger partial charge on any atom is 0.269 e. The molecule has 2 heterocycles. The number of carbonyl (C=O) groups is 2. The van der Waals surface area contributed by atoms with E-state index in [2.05, 4.69) is 31.5 Å². The van der Waals surface area contributed by atoms with Crippen molar-refractivity contribution in [3.63, 3.8) is 0 Å². The van der Waals surface area contributed by atoms with Gasteiger partial charge in [-0.15, -0.1) is 5.10 Å². The predicted octanol–water partition coefficient (Wildman–Crippen LogP) is 0.852. The first-order valence-electron chi connectivity index (χ1n) is 8.70. The number of aromatic nitrogens is 6. The Bertz CT molecular complexity index is 1100. The number of hydrogen-bond acceptors (Lipinski definition) is 6. The van der Waals surface area contributed by atoms with Crippen molar-refractivity contribution in [3.8, 4) is 11.4 Å². The van der Waals surface area contributed by atoms with Gasteiger partial charge < -0.3 is 0 Å². The van der Waals surface area contributed by atoms with E-state index < -0.39 is 5.91 Å². The second-order valence-electron chi connectivity index (χ2n) is 6.11. The summed E-state index contributed by atoms with van der Waals surface area (Å²) in [7, 11) is 0. The van der Waals surface area contributed by atoms with Crippen LogP contribution in [0.4, 0.5) is 0 Å². The molecule has 29 heavy (non-hydrogen) atoms. The molecule has 0 saturated carbocycles. The molecule has 2 aromatic heterocycles. The molecule has 0 bridgehead atoms. The van der Waals surface area contributed by atoms with Crippen molar-refractivity contribution in [2.24, 2.45) is 0 Å². The van der Waals surface area contributed by atoms with Crippen molar-refractivity contribution in [1.29, 1.82) is 0 Å². The summed E-state index contributed by atoms with van der Waals surface area (Å²) in [5.41, 5.74) is 7.54. The zero-order valence-corrected chi connectivity index (χ0v) is 15.1. The molecule has 2 amide bonds. The number of rotatable bonds is 5. The SMILES string of the molecule is O=C(Cc1cnn(-c2ccccc2)c1)NNC(=O)c1ccc(-n2cnnn2)cc1. The predicted molar refractivity (Wildman–Crippen MR) is 102 cm³/mol. The van der Waals surface area contributed by atoms with E-state index in [1.165, 1.54) is 11.0 Å².